The van der Waals surface area contributed by atoms with Crippen molar-refractivity contribution in [1.29, 1.82) is 0 Å². The van der Waals surface area contributed by atoms with Crippen molar-refractivity contribution < 1.29 is 18.3 Å². The number of ether oxygens (including phenoxy) is 1. The largest absolute Gasteiger partial charge is 0.503 e. The average Bonchev–Trinajstić information content (AvgIpc) is 2.70. The predicted molar refractivity (Wildman–Crippen MR) is 76.3 cm³/mol. The Hall–Kier alpha value is -0.790. The molecule has 2 N–H and O–H groups in total. The SMILES string of the molecule is COc1cc(CNC2CCS(=O)(=O)C2)cc(Br)c1O. The lowest BCUT2D eigenvalue weighted by atomic mass is 10.2. The fraction of sp³-hybridized carbons (Fsp3) is 0.500. The maximum Gasteiger partial charge on any atom is 0.172 e. The molecule has 0 spiro atoms. The maximum atomic E-state index is 11.4. The third kappa shape index (κ3) is 3.61. The van der Waals surface area contributed by atoms with E-state index in [9.17, 15) is 13.5 Å². The summed E-state index contributed by atoms with van der Waals surface area (Å²) >= 11 is 3.26. The number of halogens is 1. The number of hydrogen-bond acceptors (Lipinski definition) is 5. The third-order valence-electron chi connectivity index (χ3n) is 3.14. The van der Waals surface area contributed by atoms with Crippen LogP contribution in [0.5, 0.6) is 11.5 Å². The van der Waals surface area contributed by atoms with Crippen LogP contribution in [-0.2, 0) is 16.4 Å². The van der Waals surface area contributed by atoms with E-state index >= 15 is 0 Å². The van der Waals surface area contributed by atoms with Gasteiger partial charge >= 0.3 is 0 Å². The normalized spacial score (nSPS) is 21.5. The van der Waals surface area contributed by atoms with Gasteiger partial charge in [-0.05, 0) is 40.0 Å². The van der Waals surface area contributed by atoms with E-state index < -0.39 is 9.84 Å². The minimum Gasteiger partial charge on any atom is -0.503 e. The molecule has 1 aliphatic rings. The molecular formula is C12H16BrNO4S. The molecule has 1 atom stereocenters. The number of nitrogens with one attached hydrogen (secondary N) is 1. The lowest BCUT2D eigenvalue weighted by Gasteiger charge is -2.13. The maximum absolute atomic E-state index is 11.4. The van der Waals surface area contributed by atoms with E-state index in [1.165, 1.54) is 7.11 Å². The van der Waals surface area contributed by atoms with Crippen LogP contribution in [-0.4, -0.2) is 38.2 Å². The molecule has 0 bridgehead atoms. The average molecular weight is 350 g/mol. The number of hydrogen-bond donors (Lipinski definition) is 2. The molecule has 2 rings (SSSR count). The molecule has 5 nitrogen and oxygen atoms in total. The number of phenols is 1. The van der Waals surface area contributed by atoms with Crippen molar-refractivity contribution in [2.75, 3.05) is 18.6 Å². The topological polar surface area (TPSA) is 75.6 Å². The third-order valence-corrected chi connectivity index (χ3v) is 5.51. The molecule has 0 aliphatic carbocycles. The van der Waals surface area contributed by atoms with Crippen molar-refractivity contribution in [1.82, 2.24) is 5.32 Å². The molecule has 1 saturated heterocycles. The molecule has 0 amide bonds. The number of sulfone groups is 1. The van der Waals surface area contributed by atoms with Crippen LogP contribution in [0.1, 0.15) is 12.0 Å². The van der Waals surface area contributed by atoms with Crippen molar-refractivity contribution in [2.45, 2.75) is 19.0 Å². The molecule has 1 aromatic carbocycles. The Kier molecular flexibility index (Phi) is 4.37. The Balaban J connectivity index is 2.02. The highest BCUT2D eigenvalue weighted by atomic mass is 79.9. The summed E-state index contributed by atoms with van der Waals surface area (Å²) in [6.07, 6.45) is 0.652. The van der Waals surface area contributed by atoms with E-state index in [4.69, 9.17) is 4.74 Å². The quantitative estimate of drug-likeness (QED) is 0.860. The molecule has 19 heavy (non-hydrogen) atoms. The molecular weight excluding hydrogens is 334 g/mol. The lowest BCUT2D eigenvalue weighted by molar-refractivity contribution is 0.371. The van der Waals surface area contributed by atoms with E-state index in [-0.39, 0.29) is 23.3 Å². The fourth-order valence-electron chi connectivity index (χ4n) is 2.10. The van der Waals surface area contributed by atoms with Gasteiger partial charge in [-0.3, -0.25) is 0 Å². The first-order valence-electron chi connectivity index (χ1n) is 5.90. The van der Waals surface area contributed by atoms with Crippen LogP contribution < -0.4 is 10.1 Å². The standard InChI is InChI=1S/C12H16BrNO4S/c1-18-11-5-8(4-10(13)12(11)15)6-14-9-2-3-19(16,17)7-9/h4-5,9,14-15H,2-3,6-7H2,1H3. The van der Waals surface area contributed by atoms with Crippen molar-refractivity contribution in [3.8, 4) is 11.5 Å². The number of benzene rings is 1. The molecule has 1 heterocycles. The molecule has 106 valence electrons. The smallest absolute Gasteiger partial charge is 0.172 e. The minimum absolute atomic E-state index is 0.00331. The number of aromatic hydroxyl groups is 1. The Bertz CT molecular complexity index is 573. The minimum atomic E-state index is -2.86. The molecule has 1 aromatic rings. The Morgan fingerprint density at radius 2 is 2.26 bits per heavy atom. The van der Waals surface area contributed by atoms with Gasteiger partial charge in [-0.15, -0.1) is 0 Å². The van der Waals surface area contributed by atoms with Gasteiger partial charge in [0.05, 0.1) is 23.1 Å². The van der Waals surface area contributed by atoms with Gasteiger partial charge in [0.2, 0.25) is 0 Å². The predicted octanol–water partition coefficient (Wildman–Crippen LogP) is 1.44. The highest BCUT2D eigenvalue weighted by Crippen LogP contribution is 2.35. The van der Waals surface area contributed by atoms with Crippen LogP contribution >= 0.6 is 15.9 Å². The fourth-order valence-corrected chi connectivity index (χ4v) is 4.30. The van der Waals surface area contributed by atoms with Crippen LogP contribution in [0.3, 0.4) is 0 Å². The molecule has 7 heteroatoms. The van der Waals surface area contributed by atoms with Gasteiger partial charge in [-0.25, -0.2) is 8.42 Å². The van der Waals surface area contributed by atoms with Crippen molar-refractivity contribution >= 4 is 25.8 Å². The van der Waals surface area contributed by atoms with Crippen LogP contribution in [0, 0.1) is 0 Å². The van der Waals surface area contributed by atoms with Crippen molar-refractivity contribution in [3.05, 3.63) is 22.2 Å². The summed E-state index contributed by atoms with van der Waals surface area (Å²) in [4.78, 5) is 0. The second kappa shape index (κ2) is 5.68. The molecule has 0 saturated carbocycles. The second-order valence-electron chi connectivity index (χ2n) is 4.61. The second-order valence-corrected chi connectivity index (χ2v) is 7.69. The lowest BCUT2D eigenvalue weighted by Crippen LogP contribution is -2.29. The van der Waals surface area contributed by atoms with Crippen LogP contribution in [0.15, 0.2) is 16.6 Å². The van der Waals surface area contributed by atoms with Crippen LogP contribution in [0.2, 0.25) is 0 Å². The molecule has 1 unspecified atom stereocenters. The summed E-state index contributed by atoms with van der Waals surface area (Å²) in [6.45, 7) is 0.537. The highest BCUT2D eigenvalue weighted by Gasteiger charge is 2.27. The monoisotopic (exact) mass is 349 g/mol. The van der Waals surface area contributed by atoms with Gasteiger partial charge in [-0.1, -0.05) is 0 Å². The van der Waals surface area contributed by atoms with E-state index in [0.29, 0.717) is 23.2 Å². The molecule has 0 radical (unpaired) electrons. The summed E-state index contributed by atoms with van der Waals surface area (Å²) in [5.41, 5.74) is 0.922. The first-order chi connectivity index (χ1) is 8.91. The summed E-state index contributed by atoms with van der Waals surface area (Å²) in [7, 11) is -1.38. The van der Waals surface area contributed by atoms with Crippen molar-refractivity contribution in [3.63, 3.8) is 0 Å². The Morgan fingerprint density at radius 3 is 2.84 bits per heavy atom. The Labute approximate surface area is 121 Å². The summed E-state index contributed by atoms with van der Waals surface area (Å²) in [5, 5.41) is 12.9. The molecule has 0 aromatic heterocycles. The van der Waals surface area contributed by atoms with Crippen LogP contribution in [0.25, 0.3) is 0 Å². The van der Waals surface area contributed by atoms with Gasteiger partial charge in [0.15, 0.2) is 21.3 Å². The highest BCUT2D eigenvalue weighted by molar-refractivity contribution is 9.10. The first-order valence-corrected chi connectivity index (χ1v) is 8.52. The Morgan fingerprint density at radius 1 is 1.53 bits per heavy atom. The van der Waals surface area contributed by atoms with Gasteiger partial charge in [0, 0.05) is 12.6 Å². The number of rotatable bonds is 4. The van der Waals surface area contributed by atoms with E-state index in [1.54, 1.807) is 12.1 Å². The zero-order chi connectivity index (χ0) is 14.0. The number of methoxy groups -OCH3 is 1. The summed E-state index contributed by atoms with van der Waals surface area (Å²) in [6, 6.07) is 3.52. The molecule has 1 fully saturated rings. The van der Waals surface area contributed by atoms with E-state index in [2.05, 4.69) is 21.2 Å². The zero-order valence-electron chi connectivity index (χ0n) is 10.5. The zero-order valence-corrected chi connectivity index (χ0v) is 12.9. The summed E-state index contributed by atoms with van der Waals surface area (Å²) in [5.74, 6) is 0.913. The van der Waals surface area contributed by atoms with Gasteiger partial charge in [-0.2, -0.15) is 0 Å². The molecule has 1 aliphatic heterocycles. The van der Waals surface area contributed by atoms with Crippen LogP contribution in [0.4, 0.5) is 0 Å². The summed E-state index contributed by atoms with van der Waals surface area (Å²) < 4.78 is 28.3. The van der Waals surface area contributed by atoms with Gasteiger partial charge in [0.25, 0.3) is 0 Å². The number of phenolic OH excluding ortho intramolecular Hbond substituents is 1. The first kappa shape index (κ1) is 14.6. The van der Waals surface area contributed by atoms with E-state index in [0.717, 1.165) is 5.56 Å². The van der Waals surface area contributed by atoms with Gasteiger partial charge < -0.3 is 15.2 Å². The van der Waals surface area contributed by atoms with Crippen molar-refractivity contribution in [2.24, 2.45) is 0 Å². The van der Waals surface area contributed by atoms with Gasteiger partial charge in [0.1, 0.15) is 0 Å². The van der Waals surface area contributed by atoms with E-state index in [1.807, 2.05) is 0 Å².